The van der Waals surface area contributed by atoms with Gasteiger partial charge in [0.05, 0.1) is 6.20 Å². The van der Waals surface area contributed by atoms with Crippen LogP contribution in [0.3, 0.4) is 0 Å². The number of rotatable bonds is 6. The van der Waals surface area contributed by atoms with Crippen LogP contribution in [0, 0.1) is 0 Å². The number of anilines is 3. The third-order valence-electron chi connectivity index (χ3n) is 4.07. The molecule has 3 rings (SSSR count). The molecular formula is C17H24N6. The lowest BCUT2D eigenvalue weighted by Crippen LogP contribution is -2.47. The van der Waals surface area contributed by atoms with Gasteiger partial charge in [0.1, 0.15) is 0 Å². The van der Waals surface area contributed by atoms with Gasteiger partial charge in [0.2, 0.25) is 5.95 Å². The molecule has 0 radical (unpaired) electrons. The van der Waals surface area contributed by atoms with Gasteiger partial charge in [0, 0.05) is 38.4 Å². The zero-order chi connectivity index (χ0) is 15.9. The highest BCUT2D eigenvalue weighted by atomic mass is 15.4. The van der Waals surface area contributed by atoms with Crippen molar-refractivity contribution in [2.24, 2.45) is 0 Å². The van der Waals surface area contributed by atoms with E-state index in [1.165, 1.54) is 12.1 Å². The number of hydrogen-bond donors (Lipinski definition) is 1. The summed E-state index contributed by atoms with van der Waals surface area (Å²) in [6, 6.07) is 10.5. The van der Waals surface area contributed by atoms with Crippen molar-refractivity contribution in [3.8, 4) is 0 Å². The fourth-order valence-electron chi connectivity index (χ4n) is 2.71. The van der Waals surface area contributed by atoms with E-state index in [0.717, 1.165) is 50.9 Å². The molecule has 0 bridgehead atoms. The summed E-state index contributed by atoms with van der Waals surface area (Å²) in [7, 11) is 0. The Morgan fingerprint density at radius 2 is 1.78 bits per heavy atom. The fraction of sp³-hybridized carbons (Fsp3) is 0.471. The maximum Gasteiger partial charge on any atom is 0.247 e. The molecule has 1 fully saturated rings. The molecule has 0 unspecified atom stereocenters. The van der Waals surface area contributed by atoms with Crippen LogP contribution in [0.25, 0.3) is 0 Å². The van der Waals surface area contributed by atoms with Crippen LogP contribution in [-0.4, -0.2) is 47.9 Å². The molecule has 2 heterocycles. The first kappa shape index (κ1) is 15.5. The Balaban J connectivity index is 1.58. The van der Waals surface area contributed by atoms with Crippen LogP contribution in [0.1, 0.15) is 19.8 Å². The van der Waals surface area contributed by atoms with Gasteiger partial charge in [-0.1, -0.05) is 31.5 Å². The molecule has 6 nitrogen and oxygen atoms in total. The van der Waals surface area contributed by atoms with E-state index in [9.17, 15) is 0 Å². The Morgan fingerprint density at radius 3 is 2.52 bits per heavy atom. The smallest absolute Gasteiger partial charge is 0.247 e. The summed E-state index contributed by atoms with van der Waals surface area (Å²) in [6.07, 6.45) is 3.99. The van der Waals surface area contributed by atoms with Gasteiger partial charge < -0.3 is 15.1 Å². The molecule has 1 aliphatic rings. The fourth-order valence-corrected chi connectivity index (χ4v) is 2.71. The zero-order valence-corrected chi connectivity index (χ0v) is 13.6. The van der Waals surface area contributed by atoms with E-state index in [4.69, 9.17) is 0 Å². The van der Waals surface area contributed by atoms with Crippen molar-refractivity contribution in [2.75, 3.05) is 47.8 Å². The molecule has 2 aromatic rings. The molecule has 0 atom stereocenters. The van der Waals surface area contributed by atoms with E-state index in [0.29, 0.717) is 0 Å². The molecule has 0 aliphatic carbocycles. The van der Waals surface area contributed by atoms with Gasteiger partial charge in [-0.05, 0) is 18.6 Å². The maximum atomic E-state index is 4.59. The summed E-state index contributed by atoms with van der Waals surface area (Å²) in [5.41, 5.74) is 1.28. The van der Waals surface area contributed by atoms with Crippen molar-refractivity contribution in [3.05, 3.63) is 36.5 Å². The molecule has 1 N–H and O–H groups in total. The first-order valence-electron chi connectivity index (χ1n) is 8.35. The summed E-state index contributed by atoms with van der Waals surface area (Å²) in [5, 5.41) is 11.6. The quantitative estimate of drug-likeness (QED) is 0.827. The second kappa shape index (κ2) is 7.76. The molecule has 1 saturated heterocycles. The normalized spacial score (nSPS) is 14.8. The van der Waals surface area contributed by atoms with Gasteiger partial charge in [-0.2, -0.15) is 10.1 Å². The predicted molar refractivity (Wildman–Crippen MR) is 94.1 cm³/mol. The highest BCUT2D eigenvalue weighted by Gasteiger charge is 2.19. The van der Waals surface area contributed by atoms with Crippen LogP contribution < -0.4 is 15.1 Å². The number of piperazine rings is 1. The molecular weight excluding hydrogens is 288 g/mol. The van der Waals surface area contributed by atoms with Crippen molar-refractivity contribution < 1.29 is 0 Å². The Kier molecular flexibility index (Phi) is 5.24. The maximum absolute atomic E-state index is 4.59. The predicted octanol–water partition coefficient (Wildman–Crippen LogP) is 2.41. The minimum Gasteiger partial charge on any atom is -0.369 e. The Bertz CT molecular complexity index is 595. The van der Waals surface area contributed by atoms with Crippen LogP contribution in [-0.2, 0) is 0 Å². The highest BCUT2D eigenvalue weighted by molar-refractivity contribution is 5.48. The summed E-state index contributed by atoms with van der Waals surface area (Å²) in [4.78, 5) is 9.19. The number of benzene rings is 1. The monoisotopic (exact) mass is 312 g/mol. The standard InChI is InChI=1S/C17H24N6/c1-2-3-9-18-16-14-19-21-17(20-16)23-12-10-22(11-13-23)15-7-5-4-6-8-15/h4-8,14H,2-3,9-13H2,1H3,(H,18,20,21). The molecule has 6 heteroatoms. The van der Waals surface area contributed by atoms with Crippen LogP contribution in [0.4, 0.5) is 17.5 Å². The van der Waals surface area contributed by atoms with Gasteiger partial charge in [0.25, 0.3) is 0 Å². The number of unbranched alkanes of at least 4 members (excludes halogenated alkanes) is 1. The zero-order valence-electron chi connectivity index (χ0n) is 13.6. The molecule has 1 aromatic carbocycles. The number of nitrogens with one attached hydrogen (secondary N) is 1. The molecule has 0 amide bonds. The van der Waals surface area contributed by atoms with Gasteiger partial charge in [-0.3, -0.25) is 0 Å². The average Bonchev–Trinajstić information content (AvgIpc) is 2.63. The summed E-state index contributed by atoms with van der Waals surface area (Å²) >= 11 is 0. The van der Waals surface area contributed by atoms with Gasteiger partial charge >= 0.3 is 0 Å². The van der Waals surface area contributed by atoms with Crippen molar-refractivity contribution in [3.63, 3.8) is 0 Å². The Morgan fingerprint density at radius 1 is 1.04 bits per heavy atom. The minimum atomic E-state index is 0.721. The Labute approximate surface area is 137 Å². The third kappa shape index (κ3) is 4.09. The number of nitrogens with zero attached hydrogens (tertiary/aromatic N) is 5. The van der Waals surface area contributed by atoms with Gasteiger partial charge in [-0.15, -0.1) is 5.10 Å². The first-order chi connectivity index (χ1) is 11.4. The minimum absolute atomic E-state index is 0.721. The van der Waals surface area contributed by atoms with Crippen LogP contribution in [0.15, 0.2) is 36.5 Å². The van der Waals surface area contributed by atoms with Crippen molar-refractivity contribution in [2.45, 2.75) is 19.8 Å². The molecule has 0 spiro atoms. The van der Waals surface area contributed by atoms with Crippen LogP contribution in [0.2, 0.25) is 0 Å². The van der Waals surface area contributed by atoms with E-state index in [1.807, 2.05) is 0 Å². The second-order valence-corrected chi connectivity index (χ2v) is 5.73. The topological polar surface area (TPSA) is 57.2 Å². The van der Waals surface area contributed by atoms with E-state index < -0.39 is 0 Å². The number of aromatic nitrogens is 3. The van der Waals surface area contributed by atoms with E-state index in [-0.39, 0.29) is 0 Å². The SMILES string of the molecule is CCCCNc1cnnc(N2CCN(c3ccccc3)CC2)n1. The summed E-state index contributed by atoms with van der Waals surface area (Å²) in [5.74, 6) is 1.54. The summed E-state index contributed by atoms with van der Waals surface area (Å²) < 4.78 is 0. The lowest BCUT2D eigenvalue weighted by Gasteiger charge is -2.35. The van der Waals surface area contributed by atoms with E-state index >= 15 is 0 Å². The second-order valence-electron chi connectivity index (χ2n) is 5.73. The largest absolute Gasteiger partial charge is 0.369 e. The molecule has 122 valence electrons. The molecule has 1 aromatic heterocycles. The molecule has 0 saturated carbocycles. The molecule has 23 heavy (non-hydrogen) atoms. The lowest BCUT2D eigenvalue weighted by molar-refractivity contribution is 0.635. The Hall–Kier alpha value is -2.37. The third-order valence-corrected chi connectivity index (χ3v) is 4.07. The van der Waals surface area contributed by atoms with Crippen molar-refractivity contribution in [1.29, 1.82) is 0 Å². The average molecular weight is 312 g/mol. The number of para-hydroxylation sites is 1. The number of hydrogen-bond acceptors (Lipinski definition) is 6. The van der Waals surface area contributed by atoms with Crippen LogP contribution >= 0.6 is 0 Å². The van der Waals surface area contributed by atoms with Crippen molar-refractivity contribution >= 4 is 17.5 Å². The highest BCUT2D eigenvalue weighted by Crippen LogP contribution is 2.18. The first-order valence-corrected chi connectivity index (χ1v) is 8.35. The van der Waals surface area contributed by atoms with Gasteiger partial charge in [0.15, 0.2) is 5.82 Å². The lowest BCUT2D eigenvalue weighted by atomic mass is 10.2. The van der Waals surface area contributed by atoms with Gasteiger partial charge in [-0.25, -0.2) is 0 Å². The van der Waals surface area contributed by atoms with E-state index in [2.05, 4.69) is 67.6 Å². The summed E-state index contributed by atoms with van der Waals surface area (Å²) in [6.45, 7) is 6.87. The van der Waals surface area contributed by atoms with Crippen molar-refractivity contribution in [1.82, 2.24) is 15.2 Å². The van der Waals surface area contributed by atoms with Crippen LogP contribution in [0.5, 0.6) is 0 Å². The molecule has 1 aliphatic heterocycles. The van der Waals surface area contributed by atoms with E-state index in [1.54, 1.807) is 6.20 Å².